The van der Waals surface area contributed by atoms with Crippen molar-refractivity contribution in [3.63, 3.8) is 0 Å². The third-order valence-corrected chi connectivity index (χ3v) is 5.57. The lowest BCUT2D eigenvalue weighted by Gasteiger charge is -2.36. The molecule has 7 heteroatoms. The SMILES string of the molecule is NCc1ccc(S(=O)(=O)N(CCCO)C2CCC2)cn1. The van der Waals surface area contributed by atoms with E-state index in [9.17, 15) is 8.42 Å². The predicted octanol–water partition coefficient (Wildman–Crippen LogP) is 0.466. The zero-order valence-electron chi connectivity index (χ0n) is 11.4. The van der Waals surface area contributed by atoms with Crippen molar-refractivity contribution in [2.45, 2.75) is 43.2 Å². The van der Waals surface area contributed by atoms with Gasteiger partial charge in [-0.2, -0.15) is 4.31 Å². The topological polar surface area (TPSA) is 96.5 Å². The van der Waals surface area contributed by atoms with Crippen LogP contribution in [-0.4, -0.2) is 42.0 Å². The summed E-state index contributed by atoms with van der Waals surface area (Å²) in [5.41, 5.74) is 6.12. The van der Waals surface area contributed by atoms with Crippen LogP contribution in [0.3, 0.4) is 0 Å². The summed E-state index contributed by atoms with van der Waals surface area (Å²) >= 11 is 0. The van der Waals surface area contributed by atoms with Crippen LogP contribution in [0.2, 0.25) is 0 Å². The van der Waals surface area contributed by atoms with E-state index in [4.69, 9.17) is 10.8 Å². The molecule has 0 atom stereocenters. The van der Waals surface area contributed by atoms with Gasteiger partial charge < -0.3 is 10.8 Å². The van der Waals surface area contributed by atoms with Gasteiger partial charge in [-0.3, -0.25) is 4.98 Å². The third-order valence-electron chi connectivity index (χ3n) is 3.63. The average Bonchev–Trinajstić information content (AvgIpc) is 2.41. The van der Waals surface area contributed by atoms with E-state index in [-0.39, 0.29) is 24.1 Å². The lowest BCUT2D eigenvalue weighted by atomic mass is 9.93. The Morgan fingerprint density at radius 2 is 2.15 bits per heavy atom. The van der Waals surface area contributed by atoms with Crippen molar-refractivity contribution in [3.05, 3.63) is 24.0 Å². The summed E-state index contributed by atoms with van der Waals surface area (Å²) in [7, 11) is -3.54. The minimum Gasteiger partial charge on any atom is -0.396 e. The first-order valence-electron chi connectivity index (χ1n) is 6.87. The van der Waals surface area contributed by atoms with Gasteiger partial charge in [-0.05, 0) is 31.4 Å². The van der Waals surface area contributed by atoms with Crippen LogP contribution in [0.4, 0.5) is 0 Å². The number of nitrogens with zero attached hydrogens (tertiary/aromatic N) is 2. The van der Waals surface area contributed by atoms with Gasteiger partial charge in [0.15, 0.2) is 0 Å². The summed E-state index contributed by atoms with van der Waals surface area (Å²) in [5.74, 6) is 0. The molecule has 3 N–H and O–H groups in total. The number of rotatable bonds is 7. The van der Waals surface area contributed by atoms with Crippen molar-refractivity contribution in [2.75, 3.05) is 13.2 Å². The second-order valence-electron chi connectivity index (χ2n) is 4.97. The highest BCUT2D eigenvalue weighted by Gasteiger charge is 2.34. The monoisotopic (exact) mass is 299 g/mol. The Morgan fingerprint density at radius 1 is 1.40 bits per heavy atom. The Hall–Kier alpha value is -1.02. The van der Waals surface area contributed by atoms with E-state index in [0.29, 0.717) is 18.7 Å². The quantitative estimate of drug-likeness (QED) is 0.762. The Morgan fingerprint density at radius 3 is 2.60 bits per heavy atom. The molecule has 0 radical (unpaired) electrons. The first kappa shape index (κ1) is 15.4. The number of aromatic nitrogens is 1. The molecule has 2 rings (SSSR count). The number of aliphatic hydroxyl groups excluding tert-OH is 1. The Labute approximate surface area is 119 Å². The van der Waals surface area contributed by atoms with Gasteiger partial charge in [-0.1, -0.05) is 6.42 Å². The first-order valence-corrected chi connectivity index (χ1v) is 8.31. The summed E-state index contributed by atoms with van der Waals surface area (Å²) < 4.78 is 26.8. The summed E-state index contributed by atoms with van der Waals surface area (Å²) in [4.78, 5) is 4.24. The van der Waals surface area contributed by atoms with Gasteiger partial charge >= 0.3 is 0 Å². The lowest BCUT2D eigenvalue weighted by molar-refractivity contribution is 0.198. The standard InChI is InChI=1S/C13H21N3O3S/c14-9-11-5-6-13(10-15-11)20(18,19)16(7-2-8-17)12-3-1-4-12/h5-6,10,12,17H,1-4,7-9,14H2. The molecular weight excluding hydrogens is 278 g/mol. The third kappa shape index (κ3) is 3.17. The van der Waals surface area contributed by atoms with Gasteiger partial charge in [0, 0.05) is 31.9 Å². The van der Waals surface area contributed by atoms with Crippen LogP contribution in [0.15, 0.2) is 23.2 Å². The highest BCUT2D eigenvalue weighted by molar-refractivity contribution is 7.89. The van der Waals surface area contributed by atoms with E-state index in [1.54, 1.807) is 12.1 Å². The number of nitrogens with two attached hydrogens (primary N) is 1. The second kappa shape index (κ2) is 6.62. The van der Waals surface area contributed by atoms with Crippen LogP contribution in [0.1, 0.15) is 31.4 Å². The van der Waals surface area contributed by atoms with Crippen LogP contribution < -0.4 is 5.73 Å². The van der Waals surface area contributed by atoms with E-state index in [2.05, 4.69) is 4.98 Å². The van der Waals surface area contributed by atoms with Crippen LogP contribution in [0.5, 0.6) is 0 Å². The molecule has 0 aliphatic heterocycles. The van der Waals surface area contributed by atoms with Gasteiger partial charge in [-0.15, -0.1) is 0 Å². The average molecular weight is 299 g/mol. The summed E-state index contributed by atoms with van der Waals surface area (Å²) in [5, 5.41) is 8.94. The van der Waals surface area contributed by atoms with Crippen molar-refractivity contribution in [1.29, 1.82) is 0 Å². The maximum Gasteiger partial charge on any atom is 0.244 e. The second-order valence-corrected chi connectivity index (χ2v) is 6.86. The van der Waals surface area contributed by atoms with E-state index >= 15 is 0 Å². The van der Waals surface area contributed by atoms with E-state index < -0.39 is 10.0 Å². The number of hydrogen-bond donors (Lipinski definition) is 2. The molecule has 1 aliphatic rings. The van der Waals surface area contributed by atoms with Crippen LogP contribution in [0, 0.1) is 0 Å². The maximum absolute atomic E-state index is 12.6. The van der Waals surface area contributed by atoms with Crippen LogP contribution >= 0.6 is 0 Å². The summed E-state index contributed by atoms with van der Waals surface area (Å²) in [6, 6.07) is 3.24. The number of sulfonamides is 1. The van der Waals surface area contributed by atoms with Crippen LogP contribution in [-0.2, 0) is 16.6 Å². The minimum absolute atomic E-state index is 0.0108. The highest BCUT2D eigenvalue weighted by atomic mass is 32.2. The molecule has 112 valence electrons. The van der Waals surface area contributed by atoms with Gasteiger partial charge in [-0.25, -0.2) is 8.42 Å². The van der Waals surface area contributed by atoms with Crippen LogP contribution in [0.25, 0.3) is 0 Å². The molecule has 0 saturated heterocycles. The van der Waals surface area contributed by atoms with Gasteiger partial charge in [0.05, 0.1) is 5.69 Å². The molecule has 0 bridgehead atoms. The van der Waals surface area contributed by atoms with Crippen molar-refractivity contribution >= 4 is 10.0 Å². The smallest absolute Gasteiger partial charge is 0.244 e. The highest BCUT2D eigenvalue weighted by Crippen LogP contribution is 2.29. The summed E-state index contributed by atoms with van der Waals surface area (Å²) in [6.45, 7) is 0.627. The minimum atomic E-state index is -3.54. The van der Waals surface area contributed by atoms with Crippen molar-refractivity contribution in [2.24, 2.45) is 5.73 Å². The molecule has 1 aromatic heterocycles. The van der Waals surface area contributed by atoms with Crippen molar-refractivity contribution in [3.8, 4) is 0 Å². The molecule has 0 amide bonds. The Bertz CT molecular complexity index is 526. The molecule has 1 fully saturated rings. The number of pyridine rings is 1. The zero-order chi connectivity index (χ0) is 14.6. The van der Waals surface area contributed by atoms with Gasteiger partial charge in [0.2, 0.25) is 10.0 Å². The van der Waals surface area contributed by atoms with E-state index in [1.807, 2.05) is 0 Å². The molecule has 6 nitrogen and oxygen atoms in total. The van der Waals surface area contributed by atoms with Gasteiger partial charge in [0.25, 0.3) is 0 Å². The first-order chi connectivity index (χ1) is 9.59. The molecule has 1 saturated carbocycles. The Balaban J connectivity index is 2.23. The fourth-order valence-corrected chi connectivity index (χ4v) is 3.89. The zero-order valence-corrected chi connectivity index (χ0v) is 12.2. The lowest BCUT2D eigenvalue weighted by Crippen LogP contribution is -2.44. The molecular formula is C13H21N3O3S. The summed E-state index contributed by atoms with van der Waals surface area (Å²) in [6.07, 6.45) is 4.64. The maximum atomic E-state index is 12.6. The fraction of sp³-hybridized carbons (Fsp3) is 0.615. The van der Waals surface area contributed by atoms with Crippen molar-refractivity contribution < 1.29 is 13.5 Å². The number of aliphatic hydroxyl groups is 1. The molecule has 1 aromatic rings. The number of hydrogen-bond acceptors (Lipinski definition) is 5. The fourth-order valence-electron chi connectivity index (χ4n) is 2.22. The normalized spacial score (nSPS) is 16.4. The Kier molecular flexibility index (Phi) is 5.09. The van der Waals surface area contributed by atoms with E-state index in [1.165, 1.54) is 10.5 Å². The van der Waals surface area contributed by atoms with Gasteiger partial charge in [0.1, 0.15) is 4.90 Å². The molecule has 0 unspecified atom stereocenters. The molecule has 1 heterocycles. The molecule has 1 aliphatic carbocycles. The molecule has 0 spiro atoms. The predicted molar refractivity (Wildman–Crippen MR) is 75.4 cm³/mol. The largest absolute Gasteiger partial charge is 0.396 e. The van der Waals surface area contributed by atoms with E-state index in [0.717, 1.165) is 19.3 Å². The van der Waals surface area contributed by atoms with Crippen molar-refractivity contribution in [1.82, 2.24) is 9.29 Å². The molecule has 20 heavy (non-hydrogen) atoms. The molecule has 0 aromatic carbocycles.